The molecular formula is C17H31N3. The van der Waals surface area contributed by atoms with Crippen LogP contribution in [0.2, 0.25) is 0 Å². The first-order valence-electron chi connectivity index (χ1n) is 8.24. The van der Waals surface area contributed by atoms with Crippen LogP contribution in [0.25, 0.3) is 0 Å². The van der Waals surface area contributed by atoms with Gasteiger partial charge in [-0.05, 0) is 46.0 Å². The summed E-state index contributed by atoms with van der Waals surface area (Å²) >= 11 is 0. The molecule has 0 aromatic carbocycles. The number of hydrogen-bond donors (Lipinski definition) is 1. The quantitative estimate of drug-likeness (QED) is 0.876. The van der Waals surface area contributed by atoms with Gasteiger partial charge in [0.25, 0.3) is 0 Å². The molecule has 0 bridgehead atoms. The minimum absolute atomic E-state index is 0.397. The van der Waals surface area contributed by atoms with Gasteiger partial charge in [0.2, 0.25) is 0 Å². The molecule has 0 saturated heterocycles. The zero-order chi connectivity index (χ0) is 14.8. The fourth-order valence-corrected chi connectivity index (χ4v) is 3.73. The van der Waals surface area contributed by atoms with E-state index in [0.717, 1.165) is 13.1 Å². The standard InChI is InChI=1S/C17H31N3/c1-6-20-15(4)16(14(3)19-20)13(2)18-12-17(5)10-8-7-9-11-17/h13,18H,6-12H2,1-5H3. The molecule has 1 aliphatic carbocycles. The highest BCUT2D eigenvalue weighted by Crippen LogP contribution is 2.35. The van der Waals surface area contributed by atoms with Gasteiger partial charge in [0.15, 0.2) is 0 Å². The lowest BCUT2D eigenvalue weighted by atomic mass is 9.75. The van der Waals surface area contributed by atoms with E-state index in [4.69, 9.17) is 0 Å². The maximum absolute atomic E-state index is 4.64. The Morgan fingerprint density at radius 1 is 1.25 bits per heavy atom. The first-order valence-corrected chi connectivity index (χ1v) is 8.24. The van der Waals surface area contributed by atoms with E-state index in [1.807, 2.05) is 0 Å². The van der Waals surface area contributed by atoms with Crippen molar-refractivity contribution in [2.45, 2.75) is 79.3 Å². The average Bonchev–Trinajstić information content (AvgIpc) is 2.72. The van der Waals surface area contributed by atoms with Crippen molar-refractivity contribution in [2.75, 3.05) is 6.54 Å². The van der Waals surface area contributed by atoms with E-state index in [0.29, 0.717) is 11.5 Å². The van der Waals surface area contributed by atoms with Gasteiger partial charge < -0.3 is 5.32 Å². The molecule has 114 valence electrons. The summed E-state index contributed by atoms with van der Waals surface area (Å²) in [5.41, 5.74) is 4.39. The van der Waals surface area contributed by atoms with Crippen molar-refractivity contribution in [3.05, 3.63) is 17.0 Å². The molecule has 1 aromatic heterocycles. The Kier molecular flexibility index (Phi) is 4.90. The number of nitrogens with zero attached hydrogens (tertiary/aromatic N) is 2. The van der Waals surface area contributed by atoms with Crippen LogP contribution in [0, 0.1) is 19.3 Å². The molecule has 3 heteroatoms. The first-order chi connectivity index (χ1) is 9.47. The van der Waals surface area contributed by atoms with Crippen LogP contribution in [0.15, 0.2) is 0 Å². The smallest absolute Gasteiger partial charge is 0.0644 e. The fourth-order valence-electron chi connectivity index (χ4n) is 3.73. The molecule has 0 aliphatic heterocycles. The lowest BCUT2D eigenvalue weighted by Gasteiger charge is -2.35. The van der Waals surface area contributed by atoms with E-state index >= 15 is 0 Å². The van der Waals surface area contributed by atoms with Gasteiger partial charge in [-0.3, -0.25) is 4.68 Å². The molecule has 0 amide bonds. The lowest BCUT2D eigenvalue weighted by molar-refractivity contribution is 0.202. The molecule has 20 heavy (non-hydrogen) atoms. The maximum Gasteiger partial charge on any atom is 0.0644 e. The van der Waals surface area contributed by atoms with Crippen LogP contribution in [-0.2, 0) is 6.54 Å². The Balaban J connectivity index is 2.01. The molecule has 3 nitrogen and oxygen atoms in total. The lowest BCUT2D eigenvalue weighted by Crippen LogP contribution is -2.35. The van der Waals surface area contributed by atoms with Crippen molar-refractivity contribution in [1.82, 2.24) is 15.1 Å². The third-order valence-electron chi connectivity index (χ3n) is 5.07. The van der Waals surface area contributed by atoms with Crippen molar-refractivity contribution < 1.29 is 0 Å². The van der Waals surface area contributed by atoms with Gasteiger partial charge in [-0.1, -0.05) is 26.2 Å². The predicted octanol–water partition coefficient (Wildman–Crippen LogP) is 4.14. The summed E-state index contributed by atoms with van der Waals surface area (Å²) in [5.74, 6) is 0. The Bertz CT molecular complexity index is 441. The van der Waals surface area contributed by atoms with Crippen molar-refractivity contribution in [3.8, 4) is 0 Å². The predicted molar refractivity (Wildman–Crippen MR) is 85.0 cm³/mol. The molecule has 1 N–H and O–H groups in total. The monoisotopic (exact) mass is 277 g/mol. The van der Waals surface area contributed by atoms with E-state index in [2.05, 4.69) is 49.7 Å². The van der Waals surface area contributed by atoms with E-state index in [9.17, 15) is 0 Å². The number of aromatic nitrogens is 2. The highest BCUT2D eigenvalue weighted by molar-refractivity contribution is 5.27. The summed E-state index contributed by atoms with van der Waals surface area (Å²) in [6, 6.07) is 0.397. The molecule has 1 fully saturated rings. The Morgan fingerprint density at radius 2 is 1.90 bits per heavy atom. The second-order valence-electron chi connectivity index (χ2n) is 6.87. The summed E-state index contributed by atoms with van der Waals surface area (Å²) in [4.78, 5) is 0. The van der Waals surface area contributed by atoms with Gasteiger partial charge in [0.1, 0.15) is 0 Å². The number of rotatable bonds is 5. The summed E-state index contributed by atoms with van der Waals surface area (Å²) in [7, 11) is 0. The minimum atomic E-state index is 0.397. The Labute approximate surface area is 124 Å². The molecule has 1 aromatic rings. The van der Waals surface area contributed by atoms with Gasteiger partial charge in [-0.2, -0.15) is 5.10 Å². The van der Waals surface area contributed by atoms with Crippen LogP contribution >= 0.6 is 0 Å². The van der Waals surface area contributed by atoms with E-state index in [-0.39, 0.29) is 0 Å². The fraction of sp³-hybridized carbons (Fsp3) is 0.824. The van der Waals surface area contributed by atoms with Crippen LogP contribution in [0.3, 0.4) is 0 Å². The van der Waals surface area contributed by atoms with Crippen LogP contribution in [0.1, 0.15) is 75.9 Å². The summed E-state index contributed by atoms with van der Waals surface area (Å²) in [5, 5.41) is 8.41. The van der Waals surface area contributed by atoms with E-state index in [1.165, 1.54) is 49.1 Å². The van der Waals surface area contributed by atoms with Crippen molar-refractivity contribution in [2.24, 2.45) is 5.41 Å². The molecule has 1 aliphatic rings. The van der Waals surface area contributed by atoms with Crippen LogP contribution in [0.4, 0.5) is 0 Å². The average molecular weight is 277 g/mol. The summed E-state index contributed by atoms with van der Waals surface area (Å²) < 4.78 is 2.12. The van der Waals surface area contributed by atoms with Crippen LogP contribution in [0.5, 0.6) is 0 Å². The molecule has 1 unspecified atom stereocenters. The maximum atomic E-state index is 4.64. The highest BCUT2D eigenvalue weighted by atomic mass is 15.3. The third kappa shape index (κ3) is 3.25. The SMILES string of the molecule is CCn1nc(C)c(C(C)NCC2(C)CCCCC2)c1C. The Morgan fingerprint density at radius 3 is 2.45 bits per heavy atom. The van der Waals surface area contributed by atoms with Gasteiger partial charge in [-0.15, -0.1) is 0 Å². The molecule has 0 spiro atoms. The topological polar surface area (TPSA) is 29.9 Å². The normalized spacial score (nSPS) is 20.1. The first kappa shape index (κ1) is 15.6. The van der Waals surface area contributed by atoms with Crippen LogP contribution < -0.4 is 5.32 Å². The van der Waals surface area contributed by atoms with Crippen molar-refractivity contribution >= 4 is 0 Å². The zero-order valence-corrected chi connectivity index (χ0v) is 13.9. The molecule has 1 atom stereocenters. The van der Waals surface area contributed by atoms with Gasteiger partial charge in [-0.25, -0.2) is 0 Å². The highest BCUT2D eigenvalue weighted by Gasteiger charge is 2.27. The Hall–Kier alpha value is -0.830. The zero-order valence-electron chi connectivity index (χ0n) is 13.9. The van der Waals surface area contributed by atoms with Crippen molar-refractivity contribution in [1.29, 1.82) is 0 Å². The van der Waals surface area contributed by atoms with Gasteiger partial charge in [0.05, 0.1) is 5.69 Å². The second kappa shape index (κ2) is 6.30. The molecule has 0 radical (unpaired) electrons. The van der Waals surface area contributed by atoms with E-state index in [1.54, 1.807) is 0 Å². The number of nitrogens with one attached hydrogen (secondary N) is 1. The second-order valence-corrected chi connectivity index (χ2v) is 6.87. The summed E-state index contributed by atoms with van der Waals surface area (Å²) in [6.07, 6.45) is 6.97. The molecular weight excluding hydrogens is 246 g/mol. The van der Waals surface area contributed by atoms with Gasteiger partial charge in [0, 0.05) is 30.4 Å². The van der Waals surface area contributed by atoms with E-state index < -0.39 is 0 Å². The largest absolute Gasteiger partial charge is 0.310 e. The number of hydrogen-bond acceptors (Lipinski definition) is 2. The number of aryl methyl sites for hydroxylation is 2. The molecule has 2 rings (SSSR count). The van der Waals surface area contributed by atoms with Gasteiger partial charge >= 0.3 is 0 Å². The minimum Gasteiger partial charge on any atom is -0.310 e. The third-order valence-corrected chi connectivity index (χ3v) is 5.07. The molecule has 1 saturated carbocycles. The molecule has 1 heterocycles. The van der Waals surface area contributed by atoms with Crippen molar-refractivity contribution in [3.63, 3.8) is 0 Å². The summed E-state index contributed by atoms with van der Waals surface area (Å²) in [6.45, 7) is 13.3. The van der Waals surface area contributed by atoms with Crippen LogP contribution in [-0.4, -0.2) is 16.3 Å².